The minimum Gasteiger partial charge on any atom is -0.481 e. The van der Waals surface area contributed by atoms with Gasteiger partial charge in [-0.1, -0.05) is 11.6 Å². The van der Waals surface area contributed by atoms with Gasteiger partial charge in [0.25, 0.3) is 5.91 Å². The SMILES string of the molecule is C[C@H](Oc1ccc(Cl)cc1)C(=O)NOCc1nccn1C. The summed E-state index contributed by atoms with van der Waals surface area (Å²) in [5.74, 6) is 0.895. The molecule has 21 heavy (non-hydrogen) atoms. The third-order valence-corrected chi connectivity index (χ3v) is 3.04. The van der Waals surface area contributed by atoms with Gasteiger partial charge in [-0.2, -0.15) is 0 Å². The quantitative estimate of drug-likeness (QED) is 0.830. The number of hydrogen-bond donors (Lipinski definition) is 1. The van der Waals surface area contributed by atoms with Gasteiger partial charge in [0, 0.05) is 24.5 Å². The molecule has 1 amide bonds. The largest absolute Gasteiger partial charge is 0.481 e. The molecule has 2 aromatic rings. The molecule has 0 bridgehead atoms. The Morgan fingerprint density at radius 3 is 2.76 bits per heavy atom. The van der Waals surface area contributed by atoms with Crippen molar-refractivity contribution in [3.05, 3.63) is 47.5 Å². The van der Waals surface area contributed by atoms with Gasteiger partial charge in [0.1, 0.15) is 18.2 Å². The second kappa shape index (κ2) is 7.10. The van der Waals surface area contributed by atoms with Crippen molar-refractivity contribution in [2.45, 2.75) is 19.6 Å². The van der Waals surface area contributed by atoms with Crippen molar-refractivity contribution in [3.8, 4) is 5.75 Å². The van der Waals surface area contributed by atoms with Crippen molar-refractivity contribution >= 4 is 17.5 Å². The Morgan fingerprint density at radius 1 is 1.43 bits per heavy atom. The first-order valence-electron chi connectivity index (χ1n) is 6.36. The molecule has 112 valence electrons. The Bertz CT molecular complexity index is 598. The number of carbonyl (C=O) groups excluding carboxylic acids is 1. The molecule has 0 radical (unpaired) electrons. The third kappa shape index (κ3) is 4.47. The highest BCUT2D eigenvalue weighted by Crippen LogP contribution is 2.16. The fourth-order valence-corrected chi connectivity index (χ4v) is 1.69. The molecule has 1 aromatic carbocycles. The topological polar surface area (TPSA) is 65.4 Å². The van der Waals surface area contributed by atoms with E-state index in [0.717, 1.165) is 0 Å². The van der Waals surface area contributed by atoms with E-state index < -0.39 is 6.10 Å². The summed E-state index contributed by atoms with van der Waals surface area (Å²) in [7, 11) is 1.85. The van der Waals surface area contributed by atoms with Crippen LogP contribution in [0.5, 0.6) is 5.75 Å². The molecule has 7 heteroatoms. The third-order valence-electron chi connectivity index (χ3n) is 2.79. The van der Waals surface area contributed by atoms with Gasteiger partial charge < -0.3 is 9.30 Å². The molecule has 0 saturated heterocycles. The van der Waals surface area contributed by atoms with Gasteiger partial charge >= 0.3 is 0 Å². The number of nitrogens with one attached hydrogen (secondary N) is 1. The Balaban J connectivity index is 1.77. The number of benzene rings is 1. The summed E-state index contributed by atoms with van der Waals surface area (Å²) >= 11 is 5.78. The minimum absolute atomic E-state index is 0.183. The van der Waals surface area contributed by atoms with Gasteiger partial charge in [0.2, 0.25) is 0 Å². The zero-order valence-electron chi connectivity index (χ0n) is 11.7. The Hall–Kier alpha value is -2.05. The van der Waals surface area contributed by atoms with Crippen LogP contribution in [0.3, 0.4) is 0 Å². The van der Waals surface area contributed by atoms with Crippen LogP contribution in [0.15, 0.2) is 36.7 Å². The van der Waals surface area contributed by atoms with E-state index in [2.05, 4.69) is 10.5 Å². The van der Waals surface area contributed by atoms with Crippen LogP contribution in [0, 0.1) is 0 Å². The average molecular weight is 310 g/mol. The first-order chi connectivity index (χ1) is 10.1. The maximum absolute atomic E-state index is 11.8. The molecule has 0 aliphatic carbocycles. The van der Waals surface area contributed by atoms with Gasteiger partial charge in [-0.05, 0) is 31.2 Å². The summed E-state index contributed by atoms with van der Waals surface area (Å²) in [5, 5.41) is 0.609. The second-order valence-corrected chi connectivity index (χ2v) is 4.86. The summed E-state index contributed by atoms with van der Waals surface area (Å²) in [6.07, 6.45) is 2.77. The molecule has 6 nitrogen and oxygen atoms in total. The number of hydrogen-bond acceptors (Lipinski definition) is 4. The number of hydroxylamine groups is 1. The van der Waals surface area contributed by atoms with Crippen LogP contribution in [0.4, 0.5) is 0 Å². The first-order valence-corrected chi connectivity index (χ1v) is 6.74. The molecule has 1 heterocycles. The standard InChI is InChI=1S/C14H16ClN3O3/c1-10(21-12-5-3-11(15)4-6-12)14(19)17-20-9-13-16-7-8-18(13)2/h3-8,10H,9H2,1-2H3,(H,17,19)/t10-/m0/s1. The molecule has 1 aromatic heterocycles. The van der Waals surface area contributed by atoms with Crippen LogP contribution < -0.4 is 10.2 Å². The molecule has 1 atom stereocenters. The molecule has 2 rings (SSSR count). The minimum atomic E-state index is -0.687. The number of imidazole rings is 1. The molecule has 0 aliphatic rings. The number of aromatic nitrogens is 2. The van der Waals surface area contributed by atoms with E-state index in [-0.39, 0.29) is 12.5 Å². The fraction of sp³-hybridized carbons (Fsp3) is 0.286. The summed E-state index contributed by atoms with van der Waals surface area (Å²) in [6.45, 7) is 1.82. The summed E-state index contributed by atoms with van der Waals surface area (Å²) < 4.78 is 7.28. The van der Waals surface area contributed by atoms with Crippen molar-refractivity contribution in [1.82, 2.24) is 15.0 Å². The van der Waals surface area contributed by atoms with E-state index in [1.165, 1.54) is 0 Å². The second-order valence-electron chi connectivity index (χ2n) is 4.42. The van der Waals surface area contributed by atoms with Crippen molar-refractivity contribution in [2.24, 2.45) is 7.05 Å². The zero-order valence-corrected chi connectivity index (χ0v) is 12.5. The smallest absolute Gasteiger partial charge is 0.284 e. The molecule has 0 aliphatic heterocycles. The van der Waals surface area contributed by atoms with Gasteiger partial charge in [0.05, 0.1) is 0 Å². The van der Waals surface area contributed by atoms with E-state index in [4.69, 9.17) is 21.2 Å². The number of carbonyl (C=O) groups is 1. The molecule has 1 N–H and O–H groups in total. The van der Waals surface area contributed by atoms with Gasteiger partial charge in [0.15, 0.2) is 6.10 Å². The summed E-state index contributed by atoms with van der Waals surface area (Å²) in [4.78, 5) is 21.0. The number of amides is 1. The average Bonchev–Trinajstić information content (AvgIpc) is 2.87. The number of nitrogens with zero attached hydrogens (tertiary/aromatic N) is 2. The maximum Gasteiger partial charge on any atom is 0.284 e. The molecule has 0 spiro atoms. The Kier molecular flexibility index (Phi) is 5.19. The lowest BCUT2D eigenvalue weighted by Crippen LogP contribution is -2.36. The van der Waals surface area contributed by atoms with Crippen LogP contribution >= 0.6 is 11.6 Å². The van der Waals surface area contributed by atoms with E-state index in [1.54, 1.807) is 48.1 Å². The van der Waals surface area contributed by atoms with Crippen LogP contribution in [0.2, 0.25) is 5.02 Å². The summed E-state index contributed by atoms with van der Waals surface area (Å²) in [5.41, 5.74) is 2.34. The lowest BCUT2D eigenvalue weighted by atomic mass is 10.3. The van der Waals surface area contributed by atoms with Crippen molar-refractivity contribution in [1.29, 1.82) is 0 Å². The maximum atomic E-state index is 11.8. The lowest BCUT2D eigenvalue weighted by molar-refractivity contribution is -0.141. The highest BCUT2D eigenvalue weighted by atomic mass is 35.5. The van der Waals surface area contributed by atoms with E-state index in [1.807, 2.05) is 7.05 Å². The zero-order chi connectivity index (χ0) is 15.2. The number of ether oxygens (including phenoxy) is 1. The van der Waals surface area contributed by atoms with Crippen LogP contribution in [-0.2, 0) is 23.3 Å². The predicted octanol–water partition coefficient (Wildman–Crippen LogP) is 2.09. The summed E-state index contributed by atoms with van der Waals surface area (Å²) in [6, 6.07) is 6.78. The van der Waals surface area contributed by atoms with Crippen molar-refractivity contribution in [3.63, 3.8) is 0 Å². The Morgan fingerprint density at radius 2 is 2.14 bits per heavy atom. The van der Waals surface area contributed by atoms with Crippen LogP contribution in [0.25, 0.3) is 0 Å². The van der Waals surface area contributed by atoms with E-state index in [0.29, 0.717) is 16.6 Å². The van der Waals surface area contributed by atoms with Gasteiger partial charge in [-0.3, -0.25) is 9.63 Å². The molecular weight excluding hydrogens is 294 g/mol. The monoisotopic (exact) mass is 309 g/mol. The predicted molar refractivity (Wildman–Crippen MR) is 77.7 cm³/mol. The van der Waals surface area contributed by atoms with Crippen LogP contribution in [-0.4, -0.2) is 21.6 Å². The number of halogens is 1. The molecule has 0 fully saturated rings. The lowest BCUT2D eigenvalue weighted by Gasteiger charge is -2.14. The molecular formula is C14H16ClN3O3. The first kappa shape index (κ1) is 15.3. The number of aryl methyl sites for hydroxylation is 1. The highest BCUT2D eigenvalue weighted by Gasteiger charge is 2.15. The van der Waals surface area contributed by atoms with E-state index in [9.17, 15) is 4.79 Å². The normalized spacial score (nSPS) is 12.0. The van der Waals surface area contributed by atoms with Crippen LogP contribution in [0.1, 0.15) is 12.7 Å². The van der Waals surface area contributed by atoms with Crippen molar-refractivity contribution in [2.75, 3.05) is 0 Å². The van der Waals surface area contributed by atoms with E-state index >= 15 is 0 Å². The number of rotatable bonds is 6. The molecule has 0 saturated carbocycles. The van der Waals surface area contributed by atoms with Gasteiger partial charge in [-0.15, -0.1) is 0 Å². The molecule has 0 unspecified atom stereocenters. The van der Waals surface area contributed by atoms with Gasteiger partial charge in [-0.25, -0.2) is 10.5 Å². The fourth-order valence-electron chi connectivity index (χ4n) is 1.56. The Labute approximate surface area is 127 Å². The van der Waals surface area contributed by atoms with Crippen molar-refractivity contribution < 1.29 is 14.4 Å². The highest BCUT2D eigenvalue weighted by molar-refractivity contribution is 6.30.